The summed E-state index contributed by atoms with van der Waals surface area (Å²) in [6.45, 7) is 4.19. The maximum absolute atomic E-state index is 13.2. The van der Waals surface area contributed by atoms with Crippen molar-refractivity contribution in [1.29, 1.82) is 0 Å². The van der Waals surface area contributed by atoms with Gasteiger partial charge in [0.2, 0.25) is 5.82 Å². The number of hydrogen-bond acceptors (Lipinski definition) is 2. The average Bonchev–Trinajstić information content (AvgIpc) is 2.20. The molecule has 1 nitrogen and oxygen atoms in total. The molecule has 0 amide bonds. The SMILES string of the molecule is CC(C)(CS)COc1cccc(F)c1F. The van der Waals surface area contributed by atoms with Crippen molar-refractivity contribution in [2.45, 2.75) is 13.8 Å². The van der Waals surface area contributed by atoms with E-state index in [1.165, 1.54) is 12.1 Å². The highest BCUT2D eigenvalue weighted by molar-refractivity contribution is 7.80. The van der Waals surface area contributed by atoms with Crippen molar-refractivity contribution in [2.24, 2.45) is 5.41 Å². The molecule has 4 heteroatoms. The highest BCUT2D eigenvalue weighted by Gasteiger charge is 2.18. The minimum Gasteiger partial charge on any atom is -0.490 e. The summed E-state index contributed by atoms with van der Waals surface area (Å²) in [5.74, 6) is -1.27. The van der Waals surface area contributed by atoms with Crippen LogP contribution in [-0.2, 0) is 0 Å². The lowest BCUT2D eigenvalue weighted by Gasteiger charge is -2.22. The summed E-state index contributed by atoms with van der Waals surface area (Å²) in [4.78, 5) is 0. The standard InChI is InChI=1S/C11H14F2OS/c1-11(2,7-15)6-14-9-5-3-4-8(12)10(9)13/h3-5,15H,6-7H2,1-2H3. The molecule has 15 heavy (non-hydrogen) atoms. The van der Waals surface area contributed by atoms with Gasteiger partial charge in [-0.1, -0.05) is 19.9 Å². The molecule has 0 saturated heterocycles. The Balaban J connectivity index is 2.70. The summed E-state index contributed by atoms with van der Waals surface area (Å²) >= 11 is 4.15. The maximum atomic E-state index is 13.2. The number of thiol groups is 1. The van der Waals surface area contributed by atoms with Crippen LogP contribution in [0.1, 0.15) is 13.8 Å². The van der Waals surface area contributed by atoms with Crippen LogP contribution in [0.25, 0.3) is 0 Å². The molecule has 0 saturated carbocycles. The summed E-state index contributed by atoms with van der Waals surface area (Å²) < 4.78 is 31.2. The van der Waals surface area contributed by atoms with E-state index in [4.69, 9.17) is 4.74 Å². The second kappa shape index (κ2) is 4.84. The zero-order valence-corrected chi connectivity index (χ0v) is 9.65. The molecule has 0 aliphatic carbocycles. The van der Waals surface area contributed by atoms with Crippen molar-refractivity contribution in [1.82, 2.24) is 0 Å². The van der Waals surface area contributed by atoms with Crippen LogP contribution in [0.2, 0.25) is 0 Å². The van der Waals surface area contributed by atoms with Crippen molar-refractivity contribution in [3.05, 3.63) is 29.8 Å². The lowest BCUT2D eigenvalue weighted by Crippen LogP contribution is -2.23. The topological polar surface area (TPSA) is 9.23 Å². The van der Waals surface area contributed by atoms with Crippen LogP contribution in [0.15, 0.2) is 18.2 Å². The fourth-order valence-corrected chi connectivity index (χ4v) is 1.01. The lowest BCUT2D eigenvalue weighted by molar-refractivity contribution is 0.193. The lowest BCUT2D eigenvalue weighted by atomic mass is 9.98. The summed E-state index contributed by atoms with van der Waals surface area (Å²) in [6.07, 6.45) is 0. The highest BCUT2D eigenvalue weighted by atomic mass is 32.1. The first kappa shape index (κ1) is 12.3. The molecular formula is C11H14F2OS. The van der Waals surface area contributed by atoms with E-state index >= 15 is 0 Å². The Hall–Kier alpha value is -0.770. The van der Waals surface area contributed by atoms with E-state index < -0.39 is 11.6 Å². The zero-order valence-electron chi connectivity index (χ0n) is 8.76. The molecular weight excluding hydrogens is 218 g/mol. The summed E-state index contributed by atoms with van der Waals surface area (Å²) in [5, 5.41) is 0. The van der Waals surface area contributed by atoms with Crippen molar-refractivity contribution < 1.29 is 13.5 Å². The van der Waals surface area contributed by atoms with Crippen LogP contribution in [0.4, 0.5) is 8.78 Å². The van der Waals surface area contributed by atoms with E-state index in [0.717, 1.165) is 6.07 Å². The van der Waals surface area contributed by atoms with E-state index in [-0.39, 0.29) is 11.2 Å². The quantitative estimate of drug-likeness (QED) is 0.784. The molecule has 0 unspecified atom stereocenters. The highest BCUT2D eigenvalue weighted by Crippen LogP contribution is 2.23. The van der Waals surface area contributed by atoms with Gasteiger partial charge in [-0.25, -0.2) is 4.39 Å². The van der Waals surface area contributed by atoms with E-state index in [2.05, 4.69) is 12.6 Å². The van der Waals surface area contributed by atoms with Gasteiger partial charge in [0.15, 0.2) is 11.6 Å². The molecule has 0 aromatic heterocycles. The fourth-order valence-electron chi connectivity index (χ4n) is 0.914. The van der Waals surface area contributed by atoms with Crippen molar-refractivity contribution in [3.8, 4) is 5.75 Å². The van der Waals surface area contributed by atoms with Crippen LogP contribution < -0.4 is 4.74 Å². The maximum Gasteiger partial charge on any atom is 0.200 e. The second-order valence-corrected chi connectivity index (χ2v) is 4.48. The molecule has 1 aromatic rings. The molecule has 0 aliphatic heterocycles. The third kappa shape index (κ3) is 3.38. The third-order valence-electron chi connectivity index (χ3n) is 1.96. The van der Waals surface area contributed by atoms with Gasteiger partial charge < -0.3 is 4.74 Å². The normalized spacial score (nSPS) is 11.5. The van der Waals surface area contributed by atoms with Crippen LogP contribution in [0, 0.1) is 17.0 Å². The van der Waals surface area contributed by atoms with Gasteiger partial charge >= 0.3 is 0 Å². The van der Waals surface area contributed by atoms with E-state index in [1.54, 1.807) is 0 Å². The second-order valence-electron chi connectivity index (χ2n) is 4.16. The predicted molar refractivity (Wildman–Crippen MR) is 59.5 cm³/mol. The predicted octanol–water partition coefficient (Wildman–Crippen LogP) is 3.30. The monoisotopic (exact) mass is 232 g/mol. The smallest absolute Gasteiger partial charge is 0.200 e. The summed E-state index contributed by atoms with van der Waals surface area (Å²) in [7, 11) is 0. The number of benzene rings is 1. The molecule has 0 spiro atoms. The molecule has 0 heterocycles. The molecule has 0 bridgehead atoms. The van der Waals surface area contributed by atoms with Crippen LogP contribution >= 0.6 is 12.6 Å². The van der Waals surface area contributed by atoms with Crippen LogP contribution in [0.3, 0.4) is 0 Å². The molecule has 0 fully saturated rings. The van der Waals surface area contributed by atoms with Crippen LogP contribution in [-0.4, -0.2) is 12.4 Å². The Morgan fingerprint density at radius 3 is 2.60 bits per heavy atom. The van der Waals surface area contributed by atoms with Gasteiger partial charge in [-0.2, -0.15) is 17.0 Å². The molecule has 0 atom stereocenters. The van der Waals surface area contributed by atoms with Crippen molar-refractivity contribution in [3.63, 3.8) is 0 Å². The summed E-state index contributed by atoms with van der Waals surface area (Å²) in [5.41, 5.74) is -0.165. The van der Waals surface area contributed by atoms with Gasteiger partial charge in [0.25, 0.3) is 0 Å². The van der Waals surface area contributed by atoms with Gasteiger partial charge in [0.1, 0.15) is 0 Å². The van der Waals surface area contributed by atoms with E-state index in [9.17, 15) is 8.78 Å². The van der Waals surface area contributed by atoms with Gasteiger partial charge in [-0.15, -0.1) is 0 Å². The molecule has 0 radical (unpaired) electrons. The third-order valence-corrected chi connectivity index (χ3v) is 2.82. The van der Waals surface area contributed by atoms with Crippen molar-refractivity contribution >= 4 is 12.6 Å². The Morgan fingerprint density at radius 2 is 2.00 bits per heavy atom. The number of halogens is 2. The largest absolute Gasteiger partial charge is 0.490 e. The van der Waals surface area contributed by atoms with Crippen LogP contribution in [0.5, 0.6) is 5.75 Å². The minimum atomic E-state index is -0.938. The Bertz CT molecular complexity index is 339. The molecule has 1 rings (SSSR count). The Kier molecular flexibility index (Phi) is 3.97. The first-order valence-electron chi connectivity index (χ1n) is 4.64. The molecule has 0 aliphatic rings. The first-order chi connectivity index (χ1) is 6.96. The molecule has 1 aromatic carbocycles. The number of ether oxygens (including phenoxy) is 1. The minimum absolute atomic E-state index is 0.0511. The van der Waals surface area contributed by atoms with Gasteiger partial charge in [0.05, 0.1) is 6.61 Å². The molecule has 0 N–H and O–H groups in total. The average molecular weight is 232 g/mol. The number of rotatable bonds is 4. The Morgan fingerprint density at radius 1 is 1.33 bits per heavy atom. The Labute approximate surface area is 93.9 Å². The number of hydrogen-bond donors (Lipinski definition) is 1. The fraction of sp³-hybridized carbons (Fsp3) is 0.455. The molecule has 84 valence electrons. The zero-order chi connectivity index (χ0) is 11.5. The van der Waals surface area contributed by atoms with E-state index in [1.807, 2.05) is 13.8 Å². The van der Waals surface area contributed by atoms with Gasteiger partial charge in [-0.3, -0.25) is 0 Å². The summed E-state index contributed by atoms with van der Waals surface area (Å²) in [6, 6.07) is 3.89. The van der Waals surface area contributed by atoms with E-state index in [0.29, 0.717) is 12.4 Å². The first-order valence-corrected chi connectivity index (χ1v) is 5.27. The van der Waals surface area contributed by atoms with Gasteiger partial charge in [0, 0.05) is 5.41 Å². The van der Waals surface area contributed by atoms with Gasteiger partial charge in [-0.05, 0) is 17.9 Å². The van der Waals surface area contributed by atoms with Crippen molar-refractivity contribution in [2.75, 3.05) is 12.4 Å².